The number of ether oxygens (including phenoxy) is 1. The van der Waals surface area contributed by atoms with Crippen LogP contribution in [0.1, 0.15) is 45.4 Å². The van der Waals surface area contributed by atoms with Gasteiger partial charge in [-0.15, -0.1) is 0 Å². The molecule has 82 valence electrons. The molecule has 14 heavy (non-hydrogen) atoms. The van der Waals surface area contributed by atoms with E-state index in [2.05, 4.69) is 12.2 Å². The van der Waals surface area contributed by atoms with Gasteiger partial charge >= 0.3 is 0 Å². The van der Waals surface area contributed by atoms with E-state index in [0.717, 1.165) is 19.7 Å². The van der Waals surface area contributed by atoms with Crippen LogP contribution in [0, 0.1) is 5.41 Å². The minimum absolute atomic E-state index is 0.484. The van der Waals surface area contributed by atoms with E-state index in [0.29, 0.717) is 11.5 Å². The quantitative estimate of drug-likeness (QED) is 0.747. The summed E-state index contributed by atoms with van der Waals surface area (Å²) in [6.07, 6.45) is 8.60. The van der Waals surface area contributed by atoms with Gasteiger partial charge in [-0.1, -0.05) is 26.2 Å². The van der Waals surface area contributed by atoms with Crippen molar-refractivity contribution in [2.45, 2.75) is 51.6 Å². The first-order chi connectivity index (χ1) is 6.85. The summed E-state index contributed by atoms with van der Waals surface area (Å²) in [4.78, 5) is 0. The second kappa shape index (κ2) is 4.63. The Morgan fingerprint density at radius 1 is 1.21 bits per heavy atom. The third-order valence-electron chi connectivity index (χ3n) is 3.93. The van der Waals surface area contributed by atoms with Gasteiger partial charge < -0.3 is 10.1 Å². The van der Waals surface area contributed by atoms with Crippen molar-refractivity contribution in [1.82, 2.24) is 5.32 Å². The molecule has 2 fully saturated rings. The molecule has 0 aromatic rings. The summed E-state index contributed by atoms with van der Waals surface area (Å²) < 4.78 is 6.04. The highest BCUT2D eigenvalue weighted by molar-refractivity contribution is 4.91. The zero-order valence-electron chi connectivity index (χ0n) is 9.35. The molecule has 0 atom stereocenters. The Balaban J connectivity index is 1.69. The Bertz CT molecular complexity index is 166. The van der Waals surface area contributed by atoms with Crippen LogP contribution in [-0.2, 0) is 4.74 Å². The molecule has 1 aliphatic heterocycles. The van der Waals surface area contributed by atoms with E-state index in [1.165, 1.54) is 38.5 Å². The number of hydrogen-bond donors (Lipinski definition) is 1. The van der Waals surface area contributed by atoms with Crippen molar-refractivity contribution >= 4 is 0 Å². The zero-order valence-corrected chi connectivity index (χ0v) is 9.35. The van der Waals surface area contributed by atoms with Gasteiger partial charge in [-0.3, -0.25) is 0 Å². The summed E-state index contributed by atoms with van der Waals surface area (Å²) in [5.41, 5.74) is 0.484. The summed E-state index contributed by atoms with van der Waals surface area (Å²) in [6.45, 7) is 5.60. The fourth-order valence-electron chi connectivity index (χ4n) is 2.46. The van der Waals surface area contributed by atoms with Gasteiger partial charge in [0.15, 0.2) is 0 Å². The van der Waals surface area contributed by atoms with E-state index in [1.807, 2.05) is 0 Å². The highest BCUT2D eigenvalue weighted by atomic mass is 16.5. The standard InChI is InChI=1S/C12H23NO/c1-2-12(8-13-9-12)10-14-11-6-4-3-5-7-11/h11,13H,2-10H2,1H3. The average Bonchev–Trinajstić information content (AvgIpc) is 2.19. The van der Waals surface area contributed by atoms with Crippen LogP contribution in [0.3, 0.4) is 0 Å². The van der Waals surface area contributed by atoms with Crippen molar-refractivity contribution < 1.29 is 4.74 Å². The minimum atomic E-state index is 0.484. The largest absolute Gasteiger partial charge is 0.378 e. The van der Waals surface area contributed by atoms with Crippen LogP contribution in [-0.4, -0.2) is 25.8 Å². The van der Waals surface area contributed by atoms with Crippen LogP contribution in [0.4, 0.5) is 0 Å². The fourth-order valence-corrected chi connectivity index (χ4v) is 2.46. The first-order valence-electron chi connectivity index (χ1n) is 6.17. The van der Waals surface area contributed by atoms with Crippen molar-refractivity contribution in [2.24, 2.45) is 5.41 Å². The summed E-state index contributed by atoms with van der Waals surface area (Å²) >= 11 is 0. The molecule has 2 heteroatoms. The Morgan fingerprint density at radius 2 is 1.93 bits per heavy atom. The molecule has 2 rings (SSSR count). The third-order valence-corrected chi connectivity index (χ3v) is 3.93. The number of rotatable bonds is 4. The first-order valence-corrected chi connectivity index (χ1v) is 6.17. The predicted octanol–water partition coefficient (Wildman–Crippen LogP) is 2.34. The zero-order chi connectivity index (χ0) is 9.86. The highest BCUT2D eigenvalue weighted by Gasteiger charge is 2.35. The molecule has 0 radical (unpaired) electrons. The molecule has 0 aromatic carbocycles. The maximum atomic E-state index is 6.04. The normalized spacial score (nSPS) is 27.2. The van der Waals surface area contributed by atoms with E-state index in [9.17, 15) is 0 Å². The molecule has 1 N–H and O–H groups in total. The predicted molar refractivity (Wildman–Crippen MR) is 58.4 cm³/mol. The summed E-state index contributed by atoms with van der Waals surface area (Å²) in [5, 5.41) is 3.36. The molecule has 0 aromatic heterocycles. The molecule has 2 nitrogen and oxygen atoms in total. The average molecular weight is 197 g/mol. The van der Waals surface area contributed by atoms with E-state index in [1.54, 1.807) is 0 Å². The van der Waals surface area contributed by atoms with Gasteiger partial charge in [0.1, 0.15) is 0 Å². The van der Waals surface area contributed by atoms with Crippen molar-refractivity contribution in [1.29, 1.82) is 0 Å². The van der Waals surface area contributed by atoms with Crippen LogP contribution in [0.5, 0.6) is 0 Å². The lowest BCUT2D eigenvalue weighted by atomic mass is 9.80. The Kier molecular flexibility index (Phi) is 3.45. The third kappa shape index (κ3) is 2.29. The van der Waals surface area contributed by atoms with Gasteiger partial charge in [0.05, 0.1) is 12.7 Å². The molecule has 0 spiro atoms. The molecule has 0 amide bonds. The van der Waals surface area contributed by atoms with Gasteiger partial charge in [0, 0.05) is 18.5 Å². The number of nitrogens with one attached hydrogen (secondary N) is 1. The minimum Gasteiger partial charge on any atom is -0.378 e. The molecule has 0 bridgehead atoms. The Hall–Kier alpha value is -0.0800. The van der Waals surface area contributed by atoms with Gasteiger partial charge in [0.2, 0.25) is 0 Å². The van der Waals surface area contributed by atoms with E-state index < -0.39 is 0 Å². The monoisotopic (exact) mass is 197 g/mol. The van der Waals surface area contributed by atoms with Gasteiger partial charge in [-0.25, -0.2) is 0 Å². The van der Waals surface area contributed by atoms with Crippen molar-refractivity contribution in [3.8, 4) is 0 Å². The van der Waals surface area contributed by atoms with Crippen LogP contribution >= 0.6 is 0 Å². The lowest BCUT2D eigenvalue weighted by Gasteiger charge is -2.42. The van der Waals surface area contributed by atoms with Crippen molar-refractivity contribution in [2.75, 3.05) is 19.7 Å². The number of hydrogen-bond acceptors (Lipinski definition) is 2. The molecule has 1 heterocycles. The molecule has 0 unspecified atom stereocenters. The maximum Gasteiger partial charge on any atom is 0.0575 e. The Labute approximate surface area is 87.4 Å². The molecule has 2 aliphatic rings. The second-order valence-corrected chi connectivity index (χ2v) is 5.03. The summed E-state index contributed by atoms with van der Waals surface area (Å²) in [6, 6.07) is 0. The molecule has 1 aliphatic carbocycles. The molecule has 1 saturated heterocycles. The lowest BCUT2D eigenvalue weighted by molar-refractivity contribution is -0.0461. The fraction of sp³-hybridized carbons (Fsp3) is 1.00. The van der Waals surface area contributed by atoms with Crippen molar-refractivity contribution in [3.63, 3.8) is 0 Å². The molecular formula is C12H23NO. The smallest absolute Gasteiger partial charge is 0.0575 e. The van der Waals surface area contributed by atoms with E-state index in [4.69, 9.17) is 4.74 Å². The Morgan fingerprint density at radius 3 is 2.43 bits per heavy atom. The van der Waals surface area contributed by atoms with Crippen molar-refractivity contribution in [3.05, 3.63) is 0 Å². The van der Waals surface area contributed by atoms with Crippen LogP contribution in [0.25, 0.3) is 0 Å². The molecular weight excluding hydrogens is 174 g/mol. The van der Waals surface area contributed by atoms with Gasteiger partial charge in [0.25, 0.3) is 0 Å². The second-order valence-electron chi connectivity index (χ2n) is 5.03. The summed E-state index contributed by atoms with van der Waals surface area (Å²) in [7, 11) is 0. The van der Waals surface area contributed by atoms with E-state index >= 15 is 0 Å². The highest BCUT2D eigenvalue weighted by Crippen LogP contribution is 2.29. The summed E-state index contributed by atoms with van der Waals surface area (Å²) in [5.74, 6) is 0. The van der Waals surface area contributed by atoms with Gasteiger partial charge in [-0.05, 0) is 19.3 Å². The lowest BCUT2D eigenvalue weighted by Crippen LogP contribution is -2.56. The van der Waals surface area contributed by atoms with Crippen LogP contribution in [0.15, 0.2) is 0 Å². The van der Waals surface area contributed by atoms with E-state index in [-0.39, 0.29) is 0 Å². The SMILES string of the molecule is CCC1(COC2CCCCC2)CNC1. The van der Waals surface area contributed by atoms with Crippen LogP contribution < -0.4 is 5.32 Å². The van der Waals surface area contributed by atoms with Gasteiger partial charge in [-0.2, -0.15) is 0 Å². The maximum absolute atomic E-state index is 6.04. The van der Waals surface area contributed by atoms with Crippen LogP contribution in [0.2, 0.25) is 0 Å². The first kappa shape index (κ1) is 10.4. The molecule has 1 saturated carbocycles. The topological polar surface area (TPSA) is 21.3 Å².